The fraction of sp³-hybridized carbons (Fsp3) is 0.529. The predicted octanol–water partition coefficient (Wildman–Crippen LogP) is 1.82. The van der Waals surface area contributed by atoms with E-state index in [1.165, 1.54) is 6.08 Å². The van der Waals surface area contributed by atoms with Gasteiger partial charge in [0.25, 0.3) is 0 Å². The molecule has 122 valence electrons. The van der Waals surface area contributed by atoms with E-state index in [2.05, 4.69) is 10.4 Å². The number of nitriles is 1. The molecule has 0 spiro atoms. The number of allylic oxidation sites excluding steroid dienone is 1. The molecule has 1 saturated carbocycles. The zero-order valence-electron chi connectivity index (χ0n) is 13.8. The van der Waals surface area contributed by atoms with Gasteiger partial charge in [-0.15, -0.1) is 0 Å². The summed E-state index contributed by atoms with van der Waals surface area (Å²) in [5, 5.41) is 16.2. The van der Waals surface area contributed by atoms with Crippen molar-refractivity contribution in [1.29, 1.82) is 5.26 Å². The van der Waals surface area contributed by atoms with Gasteiger partial charge in [-0.1, -0.05) is 12.8 Å². The minimum absolute atomic E-state index is 0.0953. The van der Waals surface area contributed by atoms with Gasteiger partial charge >= 0.3 is 0 Å². The molecule has 1 aliphatic rings. The van der Waals surface area contributed by atoms with Crippen molar-refractivity contribution in [3.63, 3.8) is 0 Å². The molecule has 1 N–H and O–H groups in total. The van der Waals surface area contributed by atoms with Crippen LogP contribution < -0.4 is 5.32 Å². The number of ketones is 1. The van der Waals surface area contributed by atoms with Crippen LogP contribution in [-0.4, -0.2) is 27.5 Å². The third-order valence-corrected chi connectivity index (χ3v) is 4.36. The monoisotopic (exact) mass is 314 g/mol. The summed E-state index contributed by atoms with van der Waals surface area (Å²) in [6.45, 7) is 3.75. The lowest BCUT2D eigenvalue weighted by Crippen LogP contribution is -2.39. The Labute approximate surface area is 136 Å². The fourth-order valence-corrected chi connectivity index (χ4v) is 2.90. The summed E-state index contributed by atoms with van der Waals surface area (Å²) < 4.78 is 1.73. The second-order valence-electron chi connectivity index (χ2n) is 6.00. The van der Waals surface area contributed by atoms with E-state index in [9.17, 15) is 9.59 Å². The molecule has 0 aromatic carbocycles. The first-order valence-corrected chi connectivity index (χ1v) is 7.86. The highest BCUT2D eigenvalue weighted by Crippen LogP contribution is 2.18. The number of aryl methyl sites for hydroxylation is 2. The summed E-state index contributed by atoms with van der Waals surface area (Å²) in [5.41, 5.74) is 2.57. The van der Waals surface area contributed by atoms with Gasteiger partial charge in [-0.05, 0) is 38.8 Å². The Morgan fingerprint density at radius 2 is 2.04 bits per heavy atom. The summed E-state index contributed by atoms with van der Waals surface area (Å²) in [6, 6.07) is 1.91. The molecule has 0 bridgehead atoms. The van der Waals surface area contributed by atoms with E-state index in [0.717, 1.165) is 42.6 Å². The Bertz CT molecular complexity index is 676. The number of carbonyl (C=O) groups is 2. The van der Waals surface area contributed by atoms with Crippen LogP contribution in [0.5, 0.6) is 0 Å². The third kappa shape index (κ3) is 3.86. The van der Waals surface area contributed by atoms with E-state index in [1.807, 2.05) is 27.0 Å². The van der Waals surface area contributed by atoms with Gasteiger partial charge in [-0.2, -0.15) is 10.4 Å². The highest BCUT2D eigenvalue weighted by Gasteiger charge is 2.27. The topological polar surface area (TPSA) is 87.8 Å². The summed E-state index contributed by atoms with van der Waals surface area (Å²) in [6.07, 6.45) is 6.93. The van der Waals surface area contributed by atoms with Gasteiger partial charge in [-0.3, -0.25) is 14.3 Å². The third-order valence-electron chi connectivity index (χ3n) is 4.36. The lowest BCUT2D eigenvalue weighted by molar-refractivity contribution is -0.129. The van der Waals surface area contributed by atoms with Crippen molar-refractivity contribution in [1.82, 2.24) is 15.1 Å². The quantitative estimate of drug-likeness (QED) is 0.663. The SMILES string of the molecule is Cc1nn(C)c(C)c1/C=C/C(=O)C(C#N)C(=O)NC1CCCC1. The molecule has 1 unspecified atom stereocenters. The van der Waals surface area contributed by atoms with Gasteiger partial charge in [0.2, 0.25) is 5.91 Å². The van der Waals surface area contributed by atoms with Gasteiger partial charge in [0.05, 0.1) is 11.8 Å². The number of hydrogen-bond acceptors (Lipinski definition) is 4. The maximum atomic E-state index is 12.2. The maximum Gasteiger partial charge on any atom is 0.245 e. The molecule has 1 amide bonds. The Kier molecular flexibility index (Phi) is 5.32. The van der Waals surface area contributed by atoms with E-state index in [-0.39, 0.29) is 6.04 Å². The van der Waals surface area contributed by atoms with Crippen LogP contribution in [0, 0.1) is 31.1 Å². The summed E-state index contributed by atoms with van der Waals surface area (Å²) >= 11 is 0. The van der Waals surface area contributed by atoms with Crippen molar-refractivity contribution >= 4 is 17.8 Å². The van der Waals surface area contributed by atoms with Crippen molar-refractivity contribution < 1.29 is 9.59 Å². The van der Waals surface area contributed by atoms with Crippen LogP contribution >= 0.6 is 0 Å². The van der Waals surface area contributed by atoms with Crippen LogP contribution in [0.2, 0.25) is 0 Å². The lowest BCUT2D eigenvalue weighted by atomic mass is 10.0. The normalized spacial score (nSPS) is 16.4. The Balaban J connectivity index is 2.06. The number of nitrogens with one attached hydrogen (secondary N) is 1. The second-order valence-corrected chi connectivity index (χ2v) is 6.00. The first kappa shape index (κ1) is 16.9. The molecule has 2 rings (SSSR count). The van der Waals surface area contributed by atoms with Crippen LogP contribution in [0.1, 0.15) is 42.6 Å². The van der Waals surface area contributed by atoms with E-state index < -0.39 is 17.6 Å². The van der Waals surface area contributed by atoms with E-state index >= 15 is 0 Å². The van der Waals surface area contributed by atoms with Gasteiger partial charge in [0.1, 0.15) is 0 Å². The molecule has 1 aromatic rings. The van der Waals surface area contributed by atoms with Gasteiger partial charge in [0.15, 0.2) is 11.7 Å². The summed E-state index contributed by atoms with van der Waals surface area (Å²) in [7, 11) is 1.83. The molecular weight excluding hydrogens is 292 g/mol. The van der Waals surface area contributed by atoms with Crippen molar-refractivity contribution in [2.75, 3.05) is 0 Å². The maximum absolute atomic E-state index is 12.2. The van der Waals surface area contributed by atoms with Crippen molar-refractivity contribution in [2.45, 2.75) is 45.6 Å². The molecule has 0 radical (unpaired) electrons. The number of nitrogens with zero attached hydrogens (tertiary/aromatic N) is 3. The molecule has 23 heavy (non-hydrogen) atoms. The van der Waals surface area contributed by atoms with Crippen LogP contribution in [0.15, 0.2) is 6.08 Å². The zero-order valence-corrected chi connectivity index (χ0v) is 13.8. The number of rotatable bonds is 5. The van der Waals surface area contributed by atoms with E-state index in [1.54, 1.807) is 10.8 Å². The molecule has 0 aliphatic heterocycles. The van der Waals surface area contributed by atoms with Crippen molar-refractivity contribution in [3.8, 4) is 6.07 Å². The standard InChI is InChI=1S/C17H22N4O2/c1-11-14(12(2)21(3)20-11)8-9-16(22)15(10-18)17(23)19-13-6-4-5-7-13/h8-9,13,15H,4-7H2,1-3H3,(H,19,23)/b9-8+. The average molecular weight is 314 g/mol. The first-order valence-electron chi connectivity index (χ1n) is 7.86. The minimum atomic E-state index is -1.29. The Morgan fingerprint density at radius 3 is 2.57 bits per heavy atom. The molecule has 1 fully saturated rings. The Hall–Kier alpha value is -2.42. The number of aromatic nitrogens is 2. The van der Waals surface area contributed by atoms with Crippen LogP contribution in [0.3, 0.4) is 0 Å². The molecular formula is C17H22N4O2. The van der Waals surface area contributed by atoms with Gasteiger partial charge < -0.3 is 5.32 Å². The summed E-state index contributed by atoms with van der Waals surface area (Å²) in [4.78, 5) is 24.3. The van der Waals surface area contributed by atoms with Gasteiger partial charge in [-0.25, -0.2) is 0 Å². The first-order chi connectivity index (χ1) is 10.9. The second kappa shape index (κ2) is 7.23. The molecule has 1 aromatic heterocycles. The molecule has 0 saturated heterocycles. The van der Waals surface area contributed by atoms with E-state index in [0.29, 0.717) is 0 Å². The lowest BCUT2D eigenvalue weighted by Gasteiger charge is -2.13. The Morgan fingerprint density at radius 1 is 1.39 bits per heavy atom. The van der Waals surface area contributed by atoms with Gasteiger partial charge in [0, 0.05) is 24.3 Å². The molecule has 1 heterocycles. The molecule has 6 heteroatoms. The minimum Gasteiger partial charge on any atom is -0.352 e. The predicted molar refractivity (Wildman–Crippen MR) is 86.2 cm³/mol. The van der Waals surface area contributed by atoms with Crippen LogP contribution in [-0.2, 0) is 16.6 Å². The van der Waals surface area contributed by atoms with Crippen LogP contribution in [0.4, 0.5) is 0 Å². The van der Waals surface area contributed by atoms with Crippen molar-refractivity contribution in [2.24, 2.45) is 13.0 Å². The highest BCUT2D eigenvalue weighted by molar-refractivity contribution is 6.10. The van der Waals surface area contributed by atoms with Crippen molar-refractivity contribution in [3.05, 3.63) is 23.0 Å². The highest BCUT2D eigenvalue weighted by atomic mass is 16.2. The largest absolute Gasteiger partial charge is 0.352 e. The number of amides is 1. The molecule has 1 atom stereocenters. The summed E-state index contributed by atoms with van der Waals surface area (Å²) in [5.74, 6) is -2.27. The zero-order chi connectivity index (χ0) is 17.0. The smallest absolute Gasteiger partial charge is 0.245 e. The number of carbonyl (C=O) groups excluding carboxylic acids is 2. The van der Waals surface area contributed by atoms with Crippen LogP contribution in [0.25, 0.3) is 6.08 Å². The van der Waals surface area contributed by atoms with E-state index in [4.69, 9.17) is 5.26 Å². The average Bonchev–Trinajstić information content (AvgIpc) is 3.08. The fourth-order valence-electron chi connectivity index (χ4n) is 2.90. The molecule has 1 aliphatic carbocycles. The number of hydrogen-bond donors (Lipinski definition) is 1. The molecule has 6 nitrogen and oxygen atoms in total.